The molecule has 1 aromatic heterocycles. The van der Waals surface area contributed by atoms with Crippen LogP contribution < -0.4 is 15.4 Å². The number of phenols is 1. The topological polar surface area (TPSA) is 58.1 Å². The van der Waals surface area contributed by atoms with E-state index in [1.807, 2.05) is 31.2 Å². The van der Waals surface area contributed by atoms with Gasteiger partial charge in [0, 0.05) is 27.7 Å². The van der Waals surface area contributed by atoms with Gasteiger partial charge in [0.25, 0.3) is 0 Å². The van der Waals surface area contributed by atoms with Crippen LogP contribution in [0.4, 0.5) is 5.69 Å². The Kier molecular flexibility index (Phi) is 5.29. The Bertz CT molecular complexity index is 1040. The summed E-state index contributed by atoms with van der Waals surface area (Å²) in [4.78, 5) is 15.8. The van der Waals surface area contributed by atoms with Crippen LogP contribution in [0.15, 0.2) is 51.7 Å². The Morgan fingerprint density at radius 1 is 1.11 bits per heavy atom. The lowest BCUT2D eigenvalue weighted by Gasteiger charge is -2.33. The SMILES string of the molecule is CCc1cc2oc(=O)cc(C[NH+]3CCN(c4ccc(O)cc4)CC3)c2cc1Cl. The lowest BCUT2D eigenvalue weighted by Crippen LogP contribution is -3.13. The van der Waals surface area contributed by atoms with Crippen LogP contribution in [0.5, 0.6) is 5.75 Å². The van der Waals surface area contributed by atoms with Gasteiger partial charge in [0.1, 0.15) is 17.9 Å². The van der Waals surface area contributed by atoms with Crippen LogP contribution in [0.25, 0.3) is 11.0 Å². The number of aryl methyl sites for hydroxylation is 1. The Labute approximate surface area is 168 Å². The molecule has 0 bridgehead atoms. The van der Waals surface area contributed by atoms with Crippen molar-refractivity contribution >= 4 is 28.3 Å². The summed E-state index contributed by atoms with van der Waals surface area (Å²) in [6.07, 6.45) is 0.799. The summed E-state index contributed by atoms with van der Waals surface area (Å²) in [6, 6.07) is 12.8. The molecule has 28 heavy (non-hydrogen) atoms. The van der Waals surface area contributed by atoms with Gasteiger partial charge in [-0.15, -0.1) is 0 Å². The van der Waals surface area contributed by atoms with Crippen molar-refractivity contribution in [2.75, 3.05) is 31.1 Å². The lowest BCUT2D eigenvalue weighted by molar-refractivity contribution is -0.914. The number of piperazine rings is 1. The van der Waals surface area contributed by atoms with Gasteiger partial charge >= 0.3 is 5.63 Å². The maximum Gasteiger partial charge on any atom is 0.336 e. The fourth-order valence-electron chi connectivity index (χ4n) is 3.90. The van der Waals surface area contributed by atoms with Crippen molar-refractivity contribution < 1.29 is 14.4 Å². The molecule has 2 heterocycles. The number of anilines is 1. The first-order valence-electron chi connectivity index (χ1n) is 9.66. The summed E-state index contributed by atoms with van der Waals surface area (Å²) in [5.74, 6) is 0.285. The number of halogens is 1. The molecular formula is C22H24ClN2O3+. The molecule has 0 spiro atoms. The lowest BCUT2D eigenvalue weighted by atomic mass is 10.1. The Morgan fingerprint density at radius 2 is 1.82 bits per heavy atom. The quantitative estimate of drug-likeness (QED) is 0.662. The van der Waals surface area contributed by atoms with Crippen LogP contribution >= 0.6 is 11.6 Å². The number of rotatable bonds is 4. The first kappa shape index (κ1) is 18.8. The largest absolute Gasteiger partial charge is 0.508 e. The van der Waals surface area contributed by atoms with Crippen molar-refractivity contribution in [1.29, 1.82) is 0 Å². The molecule has 0 unspecified atom stereocenters. The van der Waals surface area contributed by atoms with Crippen LogP contribution in [0.1, 0.15) is 18.1 Å². The maximum atomic E-state index is 12.1. The third-order valence-electron chi connectivity index (χ3n) is 5.50. The number of hydrogen-bond acceptors (Lipinski definition) is 4. The highest BCUT2D eigenvalue weighted by Gasteiger charge is 2.22. The maximum absolute atomic E-state index is 12.1. The number of fused-ring (bicyclic) bond motifs is 1. The number of benzene rings is 2. The van der Waals surface area contributed by atoms with E-state index in [0.29, 0.717) is 5.58 Å². The Hall–Kier alpha value is -2.50. The van der Waals surface area contributed by atoms with Crippen LogP contribution in [0, 0.1) is 0 Å². The summed E-state index contributed by atoms with van der Waals surface area (Å²) in [7, 11) is 0. The zero-order chi connectivity index (χ0) is 19.7. The van der Waals surface area contributed by atoms with Crippen LogP contribution in [0.3, 0.4) is 0 Å². The predicted octanol–water partition coefficient (Wildman–Crippen LogP) is 2.62. The number of nitrogens with one attached hydrogen (secondary N) is 1. The zero-order valence-electron chi connectivity index (χ0n) is 15.9. The number of nitrogens with zero attached hydrogens (tertiary/aromatic N) is 1. The summed E-state index contributed by atoms with van der Waals surface area (Å²) >= 11 is 6.40. The first-order chi connectivity index (χ1) is 13.5. The van der Waals surface area contributed by atoms with E-state index in [-0.39, 0.29) is 11.4 Å². The molecular weight excluding hydrogens is 376 g/mol. The van der Waals surface area contributed by atoms with E-state index in [1.165, 1.54) is 4.90 Å². The van der Waals surface area contributed by atoms with Crippen molar-refractivity contribution in [2.45, 2.75) is 19.9 Å². The molecule has 2 aromatic carbocycles. The second kappa shape index (κ2) is 7.86. The van der Waals surface area contributed by atoms with Crippen molar-refractivity contribution in [2.24, 2.45) is 0 Å². The molecule has 0 atom stereocenters. The van der Waals surface area contributed by atoms with Crippen LogP contribution in [0.2, 0.25) is 5.02 Å². The predicted molar refractivity (Wildman–Crippen MR) is 112 cm³/mol. The number of quaternary nitrogens is 1. The molecule has 0 amide bonds. The van der Waals surface area contributed by atoms with E-state index in [1.54, 1.807) is 18.2 Å². The highest BCUT2D eigenvalue weighted by Crippen LogP contribution is 2.26. The van der Waals surface area contributed by atoms with E-state index >= 15 is 0 Å². The fraction of sp³-hybridized carbons (Fsp3) is 0.318. The highest BCUT2D eigenvalue weighted by molar-refractivity contribution is 6.32. The van der Waals surface area contributed by atoms with E-state index in [9.17, 15) is 9.90 Å². The minimum atomic E-state index is -0.311. The summed E-state index contributed by atoms with van der Waals surface area (Å²) in [5.41, 5.74) is 3.41. The smallest absolute Gasteiger partial charge is 0.336 e. The molecule has 1 fully saturated rings. The monoisotopic (exact) mass is 399 g/mol. The second-order valence-corrected chi connectivity index (χ2v) is 7.72. The third kappa shape index (κ3) is 3.86. The van der Waals surface area contributed by atoms with Crippen molar-refractivity contribution in [1.82, 2.24) is 0 Å². The molecule has 0 radical (unpaired) electrons. The van der Waals surface area contributed by atoms with Gasteiger partial charge in [0.05, 0.1) is 26.2 Å². The van der Waals surface area contributed by atoms with E-state index in [0.717, 1.165) is 66.4 Å². The Balaban J connectivity index is 1.52. The molecule has 1 aliphatic heterocycles. The van der Waals surface area contributed by atoms with Crippen molar-refractivity contribution in [3.63, 3.8) is 0 Å². The van der Waals surface area contributed by atoms with Crippen LogP contribution in [-0.4, -0.2) is 31.3 Å². The summed E-state index contributed by atoms with van der Waals surface area (Å²) in [6.45, 7) is 6.62. The number of aromatic hydroxyl groups is 1. The highest BCUT2D eigenvalue weighted by atomic mass is 35.5. The van der Waals surface area contributed by atoms with Gasteiger partial charge in [0.15, 0.2) is 0 Å². The molecule has 5 nitrogen and oxygen atoms in total. The molecule has 0 aliphatic carbocycles. The second-order valence-electron chi connectivity index (χ2n) is 7.31. The average molecular weight is 400 g/mol. The summed E-state index contributed by atoms with van der Waals surface area (Å²) < 4.78 is 5.42. The molecule has 4 rings (SSSR count). The van der Waals surface area contributed by atoms with Gasteiger partial charge in [-0.05, 0) is 48.4 Å². The van der Waals surface area contributed by atoms with E-state index in [2.05, 4.69) is 4.90 Å². The van der Waals surface area contributed by atoms with E-state index < -0.39 is 0 Å². The fourth-order valence-corrected chi connectivity index (χ4v) is 4.19. The third-order valence-corrected chi connectivity index (χ3v) is 5.86. The van der Waals surface area contributed by atoms with Gasteiger partial charge in [-0.2, -0.15) is 0 Å². The van der Waals surface area contributed by atoms with Crippen LogP contribution in [-0.2, 0) is 13.0 Å². The molecule has 1 aliphatic rings. The number of phenolic OH excluding ortho intramolecular Hbond substituents is 1. The molecule has 2 N–H and O–H groups in total. The minimum absolute atomic E-state index is 0.285. The van der Waals surface area contributed by atoms with Gasteiger partial charge in [-0.25, -0.2) is 4.79 Å². The zero-order valence-corrected chi connectivity index (χ0v) is 16.6. The van der Waals surface area contributed by atoms with Gasteiger partial charge in [-0.1, -0.05) is 18.5 Å². The minimum Gasteiger partial charge on any atom is -0.508 e. The molecule has 0 saturated carbocycles. The summed E-state index contributed by atoms with van der Waals surface area (Å²) in [5, 5.41) is 11.1. The molecule has 6 heteroatoms. The van der Waals surface area contributed by atoms with Gasteiger partial charge in [-0.3, -0.25) is 0 Å². The Morgan fingerprint density at radius 3 is 2.50 bits per heavy atom. The average Bonchev–Trinajstić information content (AvgIpc) is 2.69. The molecule has 3 aromatic rings. The first-order valence-corrected chi connectivity index (χ1v) is 10.0. The van der Waals surface area contributed by atoms with Gasteiger partial charge < -0.3 is 19.3 Å². The van der Waals surface area contributed by atoms with Gasteiger partial charge in [0.2, 0.25) is 0 Å². The number of hydrogen-bond donors (Lipinski definition) is 2. The standard InChI is InChI=1S/C22H23ClN2O3/c1-2-15-11-21-19(13-20(15)23)16(12-22(27)28-21)14-24-7-9-25(10-8-24)17-3-5-18(26)6-4-17/h3-6,11-13,26H,2,7-10,14H2,1H3/p+1. The van der Waals surface area contributed by atoms with Crippen molar-refractivity contribution in [3.8, 4) is 5.75 Å². The molecule has 1 saturated heterocycles. The normalized spacial score (nSPS) is 15.3. The van der Waals surface area contributed by atoms with Crippen molar-refractivity contribution in [3.05, 3.63) is 69.0 Å². The van der Waals surface area contributed by atoms with E-state index in [4.69, 9.17) is 16.0 Å². The molecule has 146 valence electrons.